The molecule has 3 rings (SSSR count). The summed E-state index contributed by atoms with van der Waals surface area (Å²) < 4.78 is 24.4. The van der Waals surface area contributed by atoms with E-state index in [4.69, 9.17) is 24.4 Å². The summed E-state index contributed by atoms with van der Waals surface area (Å²) in [6.45, 7) is 15.6. The van der Waals surface area contributed by atoms with Crippen LogP contribution in [0.4, 0.5) is 0 Å². The van der Waals surface area contributed by atoms with E-state index in [1.54, 1.807) is 7.11 Å². The molecule has 34 heavy (non-hydrogen) atoms. The summed E-state index contributed by atoms with van der Waals surface area (Å²) in [7, 11) is -0.0512. The zero-order chi connectivity index (χ0) is 24.8. The number of hydrogen-bond acceptors (Lipinski definition) is 6. The largest absolute Gasteiger partial charge is 0.493 e. The van der Waals surface area contributed by atoms with E-state index in [0.29, 0.717) is 31.4 Å². The van der Waals surface area contributed by atoms with Crippen molar-refractivity contribution in [2.75, 3.05) is 40.0 Å². The highest BCUT2D eigenvalue weighted by Crippen LogP contribution is 2.39. The molecule has 0 amide bonds. The predicted molar refractivity (Wildman–Crippen MR) is 142 cm³/mol. The molecule has 6 nitrogen and oxygen atoms in total. The maximum atomic E-state index is 6.74. The van der Waals surface area contributed by atoms with Gasteiger partial charge in [-0.15, -0.1) is 0 Å². The van der Waals surface area contributed by atoms with Crippen molar-refractivity contribution in [2.24, 2.45) is 5.73 Å². The first kappa shape index (κ1) is 27.5. The van der Waals surface area contributed by atoms with Crippen LogP contribution in [0.1, 0.15) is 58.4 Å². The quantitative estimate of drug-likeness (QED) is 0.439. The molecule has 1 heterocycles. The average molecular weight is 493 g/mol. The Labute approximate surface area is 208 Å². The van der Waals surface area contributed by atoms with Crippen LogP contribution in [0.25, 0.3) is 0 Å². The SMILES string of the molecule is COc1cc(CCOC2CCCCC2N2CC[C@@H](O[Si](C)(C)C(C)(C)C)C2)ccc1OCCN. The molecule has 1 aromatic rings. The van der Waals surface area contributed by atoms with Crippen molar-refractivity contribution in [1.29, 1.82) is 0 Å². The molecule has 0 aromatic heterocycles. The molecule has 1 saturated carbocycles. The van der Waals surface area contributed by atoms with Crippen LogP contribution in [0.5, 0.6) is 11.5 Å². The molecule has 3 atom stereocenters. The van der Waals surface area contributed by atoms with Crippen molar-refractivity contribution in [2.45, 2.75) is 95.7 Å². The molecule has 1 saturated heterocycles. The van der Waals surface area contributed by atoms with Crippen molar-refractivity contribution < 1.29 is 18.6 Å². The minimum Gasteiger partial charge on any atom is -0.493 e. The van der Waals surface area contributed by atoms with Gasteiger partial charge in [0, 0.05) is 25.7 Å². The Morgan fingerprint density at radius 2 is 1.82 bits per heavy atom. The lowest BCUT2D eigenvalue weighted by atomic mass is 9.91. The molecule has 1 aliphatic heterocycles. The van der Waals surface area contributed by atoms with Crippen molar-refractivity contribution >= 4 is 8.32 Å². The van der Waals surface area contributed by atoms with E-state index < -0.39 is 8.32 Å². The molecular weight excluding hydrogens is 444 g/mol. The second-order valence-corrected chi connectivity index (χ2v) is 16.2. The maximum Gasteiger partial charge on any atom is 0.192 e. The minimum absolute atomic E-state index is 0.258. The van der Waals surface area contributed by atoms with Crippen molar-refractivity contribution in [3.63, 3.8) is 0 Å². The second-order valence-electron chi connectivity index (χ2n) is 11.4. The Balaban J connectivity index is 1.52. The van der Waals surface area contributed by atoms with Gasteiger partial charge in [0.25, 0.3) is 0 Å². The summed E-state index contributed by atoms with van der Waals surface area (Å²) >= 11 is 0. The molecule has 1 aromatic carbocycles. The Morgan fingerprint density at radius 1 is 1.06 bits per heavy atom. The van der Waals surface area contributed by atoms with Crippen molar-refractivity contribution in [3.8, 4) is 11.5 Å². The fourth-order valence-electron chi connectivity index (χ4n) is 4.92. The van der Waals surface area contributed by atoms with Gasteiger partial charge in [0.2, 0.25) is 0 Å². The van der Waals surface area contributed by atoms with E-state index in [9.17, 15) is 0 Å². The van der Waals surface area contributed by atoms with Crippen LogP contribution in [0.15, 0.2) is 18.2 Å². The van der Waals surface area contributed by atoms with Gasteiger partial charge in [-0.3, -0.25) is 4.90 Å². The third-order valence-electron chi connectivity index (χ3n) is 7.91. The standard InChI is InChI=1S/C27H48N2O4Si/c1-27(2,3)34(5,6)33-22-13-16-29(20-22)23-9-7-8-10-24(23)31-17-14-21-11-12-25(32-18-15-28)26(19-21)30-4/h11-12,19,22-24H,7-10,13-18,20,28H2,1-6H3/t22-,23?,24?/m1/s1. The zero-order valence-corrected chi connectivity index (χ0v) is 23.4. The topological polar surface area (TPSA) is 66.2 Å². The highest BCUT2D eigenvalue weighted by atomic mass is 28.4. The van der Waals surface area contributed by atoms with Crippen LogP contribution < -0.4 is 15.2 Å². The predicted octanol–water partition coefficient (Wildman–Crippen LogP) is 5.00. The molecule has 0 radical (unpaired) electrons. The average Bonchev–Trinajstić information content (AvgIpc) is 3.25. The molecule has 1 aliphatic carbocycles. The van der Waals surface area contributed by atoms with Gasteiger partial charge in [-0.05, 0) is 61.5 Å². The van der Waals surface area contributed by atoms with E-state index in [1.807, 2.05) is 6.07 Å². The lowest BCUT2D eigenvalue weighted by Crippen LogP contribution is -2.48. The third kappa shape index (κ3) is 7.20. The number of benzene rings is 1. The molecule has 2 aliphatic rings. The second kappa shape index (κ2) is 12.2. The first-order valence-electron chi connectivity index (χ1n) is 13.2. The number of nitrogens with zero attached hydrogens (tertiary/aromatic N) is 1. The van der Waals surface area contributed by atoms with Crippen LogP contribution in [0, 0.1) is 0 Å². The number of methoxy groups -OCH3 is 1. The van der Waals surface area contributed by atoms with Crippen LogP contribution in [-0.2, 0) is 15.6 Å². The Morgan fingerprint density at radius 3 is 2.53 bits per heavy atom. The molecular formula is C27H48N2O4Si. The van der Waals surface area contributed by atoms with Gasteiger partial charge in [0.05, 0.1) is 25.9 Å². The van der Waals surface area contributed by atoms with Crippen molar-refractivity contribution in [3.05, 3.63) is 23.8 Å². The fourth-order valence-corrected chi connectivity index (χ4v) is 6.30. The van der Waals surface area contributed by atoms with Crippen LogP contribution >= 0.6 is 0 Å². The lowest BCUT2D eigenvalue weighted by molar-refractivity contribution is -0.0313. The molecule has 0 spiro atoms. The first-order chi connectivity index (χ1) is 16.1. The minimum atomic E-state index is -1.73. The summed E-state index contributed by atoms with van der Waals surface area (Å²) in [6.07, 6.45) is 7.66. The number of nitrogens with two attached hydrogens (primary N) is 1. The monoisotopic (exact) mass is 492 g/mol. The van der Waals surface area contributed by atoms with Crippen LogP contribution in [0.3, 0.4) is 0 Å². The fraction of sp³-hybridized carbons (Fsp3) is 0.778. The third-order valence-corrected chi connectivity index (χ3v) is 12.4. The molecule has 2 N–H and O–H groups in total. The lowest BCUT2D eigenvalue weighted by Gasteiger charge is -2.40. The molecule has 2 fully saturated rings. The Hall–Kier alpha value is -1.12. The first-order valence-corrected chi connectivity index (χ1v) is 16.1. The summed E-state index contributed by atoms with van der Waals surface area (Å²) in [5, 5.41) is 0.258. The number of ether oxygens (including phenoxy) is 3. The zero-order valence-electron chi connectivity index (χ0n) is 22.4. The van der Waals surface area contributed by atoms with Gasteiger partial charge >= 0.3 is 0 Å². The number of likely N-dealkylation sites (tertiary alicyclic amines) is 1. The molecule has 7 heteroatoms. The van der Waals surface area contributed by atoms with E-state index in [2.05, 4.69) is 50.9 Å². The molecule has 194 valence electrons. The molecule has 0 bridgehead atoms. The number of hydrogen-bond donors (Lipinski definition) is 1. The van der Waals surface area contributed by atoms with Gasteiger partial charge < -0.3 is 24.4 Å². The smallest absolute Gasteiger partial charge is 0.192 e. The van der Waals surface area contributed by atoms with Gasteiger partial charge in [-0.2, -0.15) is 0 Å². The van der Waals surface area contributed by atoms with Gasteiger partial charge in [0.1, 0.15) is 6.61 Å². The van der Waals surface area contributed by atoms with E-state index in [-0.39, 0.29) is 5.04 Å². The van der Waals surface area contributed by atoms with Crippen molar-refractivity contribution in [1.82, 2.24) is 4.90 Å². The highest BCUT2D eigenvalue weighted by Gasteiger charge is 2.42. The Kier molecular flexibility index (Phi) is 9.87. The summed E-state index contributed by atoms with van der Waals surface area (Å²) in [5.74, 6) is 1.50. The van der Waals surface area contributed by atoms with Gasteiger partial charge in [-0.1, -0.05) is 39.7 Å². The maximum absolute atomic E-state index is 6.74. The Bertz CT molecular complexity index is 767. The molecule has 2 unspecified atom stereocenters. The summed E-state index contributed by atoms with van der Waals surface area (Å²) in [6, 6.07) is 6.64. The number of rotatable bonds is 11. The van der Waals surface area contributed by atoms with Gasteiger partial charge in [0.15, 0.2) is 19.8 Å². The van der Waals surface area contributed by atoms with E-state index >= 15 is 0 Å². The van der Waals surface area contributed by atoms with Crippen LogP contribution in [-0.4, -0.2) is 71.4 Å². The van der Waals surface area contributed by atoms with Gasteiger partial charge in [-0.25, -0.2) is 0 Å². The summed E-state index contributed by atoms with van der Waals surface area (Å²) in [5.41, 5.74) is 6.75. The van der Waals surface area contributed by atoms with Crippen LogP contribution in [0.2, 0.25) is 18.1 Å². The van der Waals surface area contributed by atoms with E-state index in [1.165, 1.54) is 24.8 Å². The summed E-state index contributed by atoms with van der Waals surface area (Å²) in [4.78, 5) is 2.66. The highest BCUT2D eigenvalue weighted by molar-refractivity contribution is 6.74. The van der Waals surface area contributed by atoms with E-state index in [0.717, 1.165) is 50.5 Å². The normalized spacial score (nSPS) is 24.4.